The molecule has 0 aliphatic carbocycles. The van der Waals surface area contributed by atoms with Crippen molar-refractivity contribution in [2.45, 2.75) is 145 Å². The van der Waals surface area contributed by atoms with E-state index < -0.39 is 0 Å². The second kappa shape index (κ2) is 14.9. The minimum absolute atomic E-state index is 0.101. The highest BCUT2D eigenvalue weighted by Gasteiger charge is 2.40. The van der Waals surface area contributed by atoms with Crippen LogP contribution in [-0.4, -0.2) is 58.2 Å². The third kappa shape index (κ3) is 9.71. The number of likely N-dealkylation sites (N-methyl/N-ethyl adjacent to an activating group) is 1. The first-order valence-corrected chi connectivity index (χ1v) is 19.2. The average molecular weight is 697 g/mol. The zero-order valence-electron chi connectivity index (χ0n) is 32.7. The van der Waals surface area contributed by atoms with Gasteiger partial charge in [0.15, 0.2) is 0 Å². The van der Waals surface area contributed by atoms with Crippen LogP contribution in [0.3, 0.4) is 0 Å². The number of nitrogens with zero attached hydrogens (tertiary/aromatic N) is 2. The van der Waals surface area contributed by atoms with Crippen LogP contribution in [0.5, 0.6) is 11.5 Å². The number of phenolic OH excluding ortho intramolecular Hbond substituents is 1. The molecule has 0 atom stereocenters. The van der Waals surface area contributed by atoms with Gasteiger partial charge in [-0.2, -0.15) is 0 Å². The summed E-state index contributed by atoms with van der Waals surface area (Å²) >= 11 is 3.86. The molecule has 0 saturated carbocycles. The maximum atomic E-state index is 13.5. The SMILES string of the molecule is C/C=C\N(CC)CC(=O)N1CCC(Sc2cc(C(C)(C)C)c(O)c(C(C)(C)C)c2)(Sc2cc(C(C)(C)C)c(OC)c(C(C)(C)C)c2)CC1. The van der Waals surface area contributed by atoms with E-state index in [4.69, 9.17) is 4.74 Å². The van der Waals surface area contributed by atoms with Crippen LogP contribution in [0.15, 0.2) is 46.3 Å². The summed E-state index contributed by atoms with van der Waals surface area (Å²) in [6.07, 6.45) is 5.70. The number of amides is 1. The van der Waals surface area contributed by atoms with Gasteiger partial charge in [-0.15, -0.1) is 23.5 Å². The molecule has 1 saturated heterocycles. The Morgan fingerprint density at radius 3 is 1.54 bits per heavy atom. The molecule has 0 unspecified atom stereocenters. The van der Waals surface area contributed by atoms with Crippen molar-refractivity contribution in [1.29, 1.82) is 0 Å². The Balaban J connectivity index is 2.17. The Morgan fingerprint density at radius 2 is 1.21 bits per heavy atom. The van der Waals surface area contributed by atoms with Gasteiger partial charge in [0.1, 0.15) is 11.5 Å². The van der Waals surface area contributed by atoms with E-state index in [-0.39, 0.29) is 31.6 Å². The van der Waals surface area contributed by atoms with Crippen LogP contribution in [0.1, 0.15) is 132 Å². The van der Waals surface area contributed by atoms with Gasteiger partial charge in [0, 0.05) is 51.7 Å². The molecule has 1 N–H and O–H groups in total. The number of carbonyl (C=O) groups excluding carboxylic acids is 1. The summed E-state index contributed by atoms with van der Waals surface area (Å²) in [7, 11) is 1.79. The lowest BCUT2D eigenvalue weighted by atomic mass is 9.79. The number of carbonyl (C=O) groups is 1. The zero-order valence-corrected chi connectivity index (χ0v) is 34.3. The number of benzene rings is 2. The molecule has 0 aromatic heterocycles. The molecule has 1 aliphatic heterocycles. The summed E-state index contributed by atoms with van der Waals surface area (Å²) in [4.78, 5) is 20.0. The number of phenols is 1. The Labute approximate surface area is 301 Å². The van der Waals surface area contributed by atoms with Gasteiger partial charge < -0.3 is 19.6 Å². The first kappa shape index (κ1) is 40.2. The van der Waals surface area contributed by atoms with Crippen molar-refractivity contribution in [2.75, 3.05) is 33.3 Å². The highest BCUT2D eigenvalue weighted by molar-refractivity contribution is 8.18. The van der Waals surface area contributed by atoms with Gasteiger partial charge in [0.05, 0.1) is 17.7 Å². The molecule has 5 nitrogen and oxygen atoms in total. The Bertz CT molecular complexity index is 1390. The largest absolute Gasteiger partial charge is 0.507 e. The summed E-state index contributed by atoms with van der Waals surface area (Å²) < 4.78 is 5.89. The fourth-order valence-electron chi connectivity index (χ4n) is 6.31. The summed E-state index contributed by atoms with van der Waals surface area (Å²) in [5.74, 6) is 1.57. The van der Waals surface area contributed by atoms with Gasteiger partial charge in [-0.05, 0) is 78.8 Å². The number of likely N-dealkylation sites (tertiary alicyclic amines) is 1. The van der Waals surface area contributed by atoms with Crippen LogP contribution >= 0.6 is 23.5 Å². The van der Waals surface area contributed by atoms with Crippen molar-refractivity contribution in [2.24, 2.45) is 0 Å². The van der Waals surface area contributed by atoms with E-state index in [0.717, 1.165) is 36.3 Å². The molecule has 7 heteroatoms. The first-order valence-electron chi connectivity index (χ1n) is 17.6. The molecule has 268 valence electrons. The van der Waals surface area contributed by atoms with Crippen molar-refractivity contribution >= 4 is 29.4 Å². The van der Waals surface area contributed by atoms with Gasteiger partial charge in [0.25, 0.3) is 0 Å². The number of hydrogen-bond acceptors (Lipinski definition) is 6. The van der Waals surface area contributed by atoms with Crippen molar-refractivity contribution < 1.29 is 14.6 Å². The van der Waals surface area contributed by atoms with Crippen molar-refractivity contribution in [1.82, 2.24) is 9.80 Å². The molecule has 3 rings (SSSR count). The van der Waals surface area contributed by atoms with E-state index in [1.807, 2.05) is 42.7 Å². The van der Waals surface area contributed by atoms with Gasteiger partial charge in [-0.25, -0.2) is 0 Å². The summed E-state index contributed by atoms with van der Waals surface area (Å²) in [5.41, 5.74) is 3.75. The predicted molar refractivity (Wildman–Crippen MR) is 208 cm³/mol. The maximum absolute atomic E-state index is 13.5. The average Bonchev–Trinajstić information content (AvgIpc) is 2.95. The molecule has 0 radical (unpaired) electrons. The topological polar surface area (TPSA) is 53.0 Å². The van der Waals surface area contributed by atoms with Crippen LogP contribution in [-0.2, 0) is 26.5 Å². The van der Waals surface area contributed by atoms with Crippen LogP contribution in [0.4, 0.5) is 0 Å². The smallest absolute Gasteiger partial charge is 0.242 e. The summed E-state index contributed by atoms with van der Waals surface area (Å²) in [5, 5.41) is 11.5. The van der Waals surface area contributed by atoms with E-state index in [0.29, 0.717) is 25.4 Å². The molecule has 1 fully saturated rings. The second-order valence-electron chi connectivity index (χ2n) is 17.5. The highest BCUT2D eigenvalue weighted by atomic mass is 32.2. The van der Waals surface area contributed by atoms with Gasteiger partial charge in [-0.1, -0.05) is 89.2 Å². The number of allylic oxidation sites excluding steroid dienone is 1. The monoisotopic (exact) mass is 696 g/mol. The van der Waals surface area contributed by atoms with E-state index in [1.165, 1.54) is 20.9 Å². The quantitative estimate of drug-likeness (QED) is 0.263. The number of hydrogen-bond donors (Lipinski definition) is 1. The van der Waals surface area contributed by atoms with Crippen LogP contribution in [0.2, 0.25) is 0 Å². The second-order valence-corrected chi connectivity index (χ2v) is 20.6. The fourth-order valence-corrected chi connectivity index (χ4v) is 9.40. The molecule has 1 aliphatic rings. The fraction of sp³-hybridized carbons (Fsp3) is 0.634. The Hall–Kier alpha value is -2.25. The number of aromatic hydroxyl groups is 1. The molecule has 0 bridgehead atoms. The lowest BCUT2D eigenvalue weighted by Gasteiger charge is -2.42. The number of ether oxygens (including phenoxy) is 1. The molecule has 0 spiro atoms. The van der Waals surface area contributed by atoms with Crippen LogP contribution in [0, 0.1) is 0 Å². The number of thioether (sulfide) groups is 2. The molecule has 48 heavy (non-hydrogen) atoms. The van der Waals surface area contributed by atoms with Gasteiger partial charge in [-0.3, -0.25) is 4.79 Å². The Morgan fingerprint density at radius 1 is 0.812 bits per heavy atom. The first-order chi connectivity index (χ1) is 22.0. The highest BCUT2D eigenvalue weighted by Crippen LogP contribution is 2.55. The number of rotatable bonds is 9. The number of piperidine rings is 1. The molecule has 1 heterocycles. The Kier molecular flexibility index (Phi) is 12.5. The lowest BCUT2D eigenvalue weighted by Crippen LogP contribution is -2.46. The van der Waals surface area contributed by atoms with E-state index in [2.05, 4.69) is 124 Å². The number of methoxy groups -OCH3 is 1. The minimum atomic E-state index is -0.218. The van der Waals surface area contributed by atoms with Crippen molar-refractivity contribution in [3.63, 3.8) is 0 Å². The third-order valence-corrected chi connectivity index (χ3v) is 12.2. The molecular weight excluding hydrogens is 633 g/mol. The van der Waals surface area contributed by atoms with Crippen molar-refractivity contribution in [3.8, 4) is 11.5 Å². The van der Waals surface area contributed by atoms with Gasteiger partial charge >= 0.3 is 0 Å². The standard InChI is InChI=1S/C41H64N2O3S2/c1-16-20-42(17-2)27-34(44)43-21-18-41(19-22-43,47-28-23-30(37(3,4)5)35(45)31(24-28)38(6,7)8)48-29-25-32(39(9,10)11)36(46-15)33(26-29)40(12,13)14/h16,20,23-26,45H,17-19,21-22,27H2,1-15H3/b20-16-. The van der Waals surface area contributed by atoms with E-state index in [9.17, 15) is 9.90 Å². The van der Waals surface area contributed by atoms with Gasteiger partial charge in [0.2, 0.25) is 5.91 Å². The van der Waals surface area contributed by atoms with E-state index in [1.54, 1.807) is 7.11 Å². The lowest BCUT2D eigenvalue weighted by molar-refractivity contribution is -0.132. The summed E-state index contributed by atoms with van der Waals surface area (Å²) in [6, 6.07) is 9.10. The van der Waals surface area contributed by atoms with Crippen LogP contribution < -0.4 is 4.74 Å². The van der Waals surface area contributed by atoms with Crippen molar-refractivity contribution in [3.05, 3.63) is 58.8 Å². The molecular formula is C41H64N2O3S2. The predicted octanol–water partition coefficient (Wildman–Crippen LogP) is 10.6. The molecule has 1 amide bonds. The van der Waals surface area contributed by atoms with E-state index >= 15 is 0 Å². The molecule has 2 aromatic rings. The maximum Gasteiger partial charge on any atom is 0.242 e. The zero-order chi connectivity index (χ0) is 36.5. The van der Waals surface area contributed by atoms with Crippen LogP contribution in [0.25, 0.3) is 0 Å². The third-order valence-electron chi connectivity index (χ3n) is 9.17. The molecule has 2 aromatic carbocycles. The summed E-state index contributed by atoms with van der Waals surface area (Å²) in [6.45, 7) is 33.3. The normalized spacial score (nSPS) is 16.0. The minimum Gasteiger partial charge on any atom is -0.507 e.